The summed E-state index contributed by atoms with van der Waals surface area (Å²) in [4.78, 5) is 32.5. The molecule has 0 aliphatic rings. The van der Waals surface area contributed by atoms with Gasteiger partial charge in [0.1, 0.15) is 5.76 Å². The topological polar surface area (TPSA) is 97.1 Å². The van der Waals surface area contributed by atoms with E-state index in [1.165, 1.54) is 28.9 Å². The van der Waals surface area contributed by atoms with Gasteiger partial charge in [0.05, 0.1) is 29.6 Å². The normalized spacial score (nSPS) is 10.6. The van der Waals surface area contributed by atoms with Gasteiger partial charge in [0.25, 0.3) is 5.91 Å². The van der Waals surface area contributed by atoms with Gasteiger partial charge in [0.2, 0.25) is 5.91 Å². The molecule has 0 saturated carbocycles. The molecule has 0 aliphatic carbocycles. The Hall–Kier alpha value is -2.52. The molecule has 9 heteroatoms. The molecule has 0 atom stereocenters. The molecule has 24 heavy (non-hydrogen) atoms. The van der Waals surface area contributed by atoms with Crippen LogP contribution in [0.1, 0.15) is 27.5 Å². The van der Waals surface area contributed by atoms with E-state index in [9.17, 15) is 9.59 Å². The van der Waals surface area contributed by atoms with Gasteiger partial charge in [0.15, 0.2) is 10.3 Å². The van der Waals surface area contributed by atoms with Crippen molar-refractivity contribution >= 4 is 44.8 Å². The van der Waals surface area contributed by atoms with Crippen molar-refractivity contribution in [3.8, 4) is 0 Å². The van der Waals surface area contributed by atoms with Gasteiger partial charge >= 0.3 is 0 Å². The van der Waals surface area contributed by atoms with Crippen molar-refractivity contribution in [2.24, 2.45) is 0 Å². The van der Waals surface area contributed by atoms with Gasteiger partial charge in [-0.1, -0.05) is 0 Å². The molecule has 124 valence electrons. The molecule has 0 fully saturated rings. The van der Waals surface area contributed by atoms with Crippen LogP contribution in [0.4, 0.5) is 10.3 Å². The largest absolute Gasteiger partial charge is 0.469 e. The molecule has 2 N–H and O–H groups in total. The highest BCUT2D eigenvalue weighted by Crippen LogP contribution is 2.19. The van der Waals surface area contributed by atoms with Gasteiger partial charge in [-0.05, 0) is 19.9 Å². The third-order valence-corrected chi connectivity index (χ3v) is 4.76. The van der Waals surface area contributed by atoms with E-state index in [2.05, 4.69) is 20.6 Å². The van der Waals surface area contributed by atoms with E-state index >= 15 is 0 Å². The Morgan fingerprint density at radius 2 is 1.88 bits per heavy atom. The predicted octanol–water partition coefficient (Wildman–Crippen LogP) is 3.24. The Kier molecular flexibility index (Phi) is 4.72. The van der Waals surface area contributed by atoms with Gasteiger partial charge < -0.3 is 9.73 Å². The molecule has 0 radical (unpaired) electrons. The fourth-order valence-electron chi connectivity index (χ4n) is 1.97. The molecular formula is C15H14N4O3S2. The number of nitrogens with one attached hydrogen (secondary N) is 2. The van der Waals surface area contributed by atoms with Crippen LogP contribution in [0, 0.1) is 13.8 Å². The standard InChI is InChI=1S/C15H14N4O3S2/c1-8-6-23-14(16-8)18-12(20)5-10-7-24-15(17-10)19-13(21)11-3-4-22-9(11)2/h3-4,6-7H,5H2,1-2H3,(H,16,18,20)(H,17,19,21). The average molecular weight is 362 g/mol. The summed E-state index contributed by atoms with van der Waals surface area (Å²) in [6.07, 6.45) is 1.58. The van der Waals surface area contributed by atoms with Crippen molar-refractivity contribution in [1.29, 1.82) is 0 Å². The number of furan rings is 1. The molecular weight excluding hydrogens is 348 g/mol. The molecule has 0 spiro atoms. The van der Waals surface area contributed by atoms with E-state index in [0.29, 0.717) is 27.3 Å². The molecule has 3 aromatic rings. The number of carbonyl (C=O) groups excluding carboxylic acids is 2. The van der Waals surface area contributed by atoms with Crippen LogP contribution in [0.15, 0.2) is 27.5 Å². The summed E-state index contributed by atoms with van der Waals surface area (Å²) in [6, 6.07) is 1.60. The van der Waals surface area contributed by atoms with E-state index < -0.39 is 0 Å². The van der Waals surface area contributed by atoms with Crippen molar-refractivity contribution in [2.45, 2.75) is 20.3 Å². The average Bonchev–Trinajstić information content (AvgIpc) is 3.22. The van der Waals surface area contributed by atoms with Gasteiger partial charge in [-0.2, -0.15) is 0 Å². The molecule has 0 unspecified atom stereocenters. The number of rotatable bonds is 5. The first kappa shape index (κ1) is 16.3. The van der Waals surface area contributed by atoms with Crippen LogP contribution in [0.3, 0.4) is 0 Å². The van der Waals surface area contributed by atoms with Crippen LogP contribution in [-0.4, -0.2) is 21.8 Å². The summed E-state index contributed by atoms with van der Waals surface area (Å²) >= 11 is 2.64. The zero-order chi connectivity index (χ0) is 17.1. The number of thiazole rings is 2. The quantitative estimate of drug-likeness (QED) is 0.726. The number of hydrogen-bond donors (Lipinski definition) is 2. The predicted molar refractivity (Wildman–Crippen MR) is 92.7 cm³/mol. The number of carbonyl (C=O) groups is 2. The van der Waals surface area contributed by atoms with Crippen LogP contribution in [0.25, 0.3) is 0 Å². The van der Waals surface area contributed by atoms with Gasteiger partial charge in [-0.15, -0.1) is 22.7 Å². The molecule has 3 heterocycles. The fourth-order valence-corrected chi connectivity index (χ4v) is 3.38. The molecule has 2 amide bonds. The van der Waals surface area contributed by atoms with Gasteiger partial charge in [-0.25, -0.2) is 9.97 Å². The molecule has 0 saturated heterocycles. The van der Waals surface area contributed by atoms with Gasteiger partial charge in [-0.3, -0.25) is 14.9 Å². The number of anilines is 2. The van der Waals surface area contributed by atoms with E-state index in [0.717, 1.165) is 5.69 Å². The Morgan fingerprint density at radius 1 is 1.12 bits per heavy atom. The summed E-state index contributed by atoms with van der Waals surface area (Å²) < 4.78 is 5.10. The van der Waals surface area contributed by atoms with Crippen molar-refractivity contribution in [1.82, 2.24) is 9.97 Å². The molecule has 0 aliphatic heterocycles. The highest BCUT2D eigenvalue weighted by Gasteiger charge is 2.14. The molecule has 3 rings (SSSR count). The van der Waals surface area contributed by atoms with E-state index in [1.807, 2.05) is 12.3 Å². The lowest BCUT2D eigenvalue weighted by molar-refractivity contribution is -0.115. The van der Waals surface area contributed by atoms with Gasteiger partial charge in [0, 0.05) is 10.8 Å². The highest BCUT2D eigenvalue weighted by atomic mass is 32.1. The lowest BCUT2D eigenvalue weighted by atomic mass is 10.2. The van der Waals surface area contributed by atoms with E-state index in [4.69, 9.17) is 4.42 Å². The summed E-state index contributed by atoms with van der Waals surface area (Å²) in [7, 11) is 0. The Morgan fingerprint density at radius 3 is 2.54 bits per heavy atom. The summed E-state index contributed by atoms with van der Waals surface area (Å²) in [6.45, 7) is 3.58. The Bertz CT molecular complexity index is 881. The smallest absolute Gasteiger partial charge is 0.260 e. The Balaban J connectivity index is 1.58. The van der Waals surface area contributed by atoms with Crippen LogP contribution in [-0.2, 0) is 11.2 Å². The van der Waals surface area contributed by atoms with E-state index in [1.54, 1.807) is 18.4 Å². The zero-order valence-corrected chi connectivity index (χ0v) is 14.6. The first-order valence-electron chi connectivity index (χ1n) is 7.03. The first-order valence-corrected chi connectivity index (χ1v) is 8.79. The maximum absolute atomic E-state index is 12.1. The van der Waals surface area contributed by atoms with E-state index in [-0.39, 0.29) is 18.2 Å². The summed E-state index contributed by atoms with van der Waals surface area (Å²) in [5.74, 6) is 0.0606. The Labute approximate surface area is 145 Å². The van der Waals surface area contributed by atoms with Crippen LogP contribution in [0.5, 0.6) is 0 Å². The van der Waals surface area contributed by atoms with Crippen LogP contribution < -0.4 is 10.6 Å². The second kappa shape index (κ2) is 6.93. The molecule has 0 bridgehead atoms. The third-order valence-electron chi connectivity index (χ3n) is 3.08. The number of amides is 2. The lowest BCUT2D eigenvalue weighted by Crippen LogP contribution is -2.15. The molecule has 0 aromatic carbocycles. The molecule has 7 nitrogen and oxygen atoms in total. The first-order chi connectivity index (χ1) is 11.5. The minimum atomic E-state index is -0.287. The number of aromatic nitrogens is 2. The lowest BCUT2D eigenvalue weighted by Gasteiger charge is -2.00. The van der Waals surface area contributed by atoms with Crippen molar-refractivity contribution in [3.63, 3.8) is 0 Å². The molecule has 3 aromatic heterocycles. The second-order valence-corrected chi connectivity index (χ2v) is 6.72. The summed E-state index contributed by atoms with van der Waals surface area (Å²) in [5, 5.41) is 10.0. The second-order valence-electron chi connectivity index (χ2n) is 5.01. The van der Waals surface area contributed by atoms with Crippen LogP contribution >= 0.6 is 22.7 Å². The van der Waals surface area contributed by atoms with Crippen molar-refractivity contribution in [2.75, 3.05) is 10.6 Å². The number of hydrogen-bond acceptors (Lipinski definition) is 7. The summed E-state index contributed by atoms with van der Waals surface area (Å²) in [5.41, 5.74) is 1.91. The maximum Gasteiger partial charge on any atom is 0.260 e. The number of aryl methyl sites for hydroxylation is 2. The number of nitrogens with zero attached hydrogens (tertiary/aromatic N) is 2. The zero-order valence-electron chi connectivity index (χ0n) is 13.0. The SMILES string of the molecule is Cc1csc(NC(=O)Cc2csc(NC(=O)c3ccoc3C)n2)n1. The van der Waals surface area contributed by atoms with Crippen LogP contribution in [0.2, 0.25) is 0 Å². The monoisotopic (exact) mass is 362 g/mol. The van der Waals surface area contributed by atoms with Crippen molar-refractivity contribution in [3.05, 3.63) is 45.8 Å². The highest BCUT2D eigenvalue weighted by molar-refractivity contribution is 7.14. The van der Waals surface area contributed by atoms with Crippen molar-refractivity contribution < 1.29 is 14.0 Å². The minimum absolute atomic E-state index is 0.121. The minimum Gasteiger partial charge on any atom is -0.469 e. The third kappa shape index (κ3) is 3.87. The maximum atomic E-state index is 12.1. The fraction of sp³-hybridized carbons (Fsp3) is 0.200.